The number of carbonyl (C=O) groups is 2. The maximum absolute atomic E-state index is 12.6. The fourth-order valence-corrected chi connectivity index (χ4v) is 4.05. The molecule has 7 heteroatoms. The first-order valence-electron chi connectivity index (χ1n) is 11.1. The topological polar surface area (TPSA) is 82.7 Å². The number of ether oxygens (including phenoxy) is 1. The lowest BCUT2D eigenvalue weighted by Gasteiger charge is -2.18. The molecule has 0 spiro atoms. The van der Waals surface area contributed by atoms with Gasteiger partial charge in [-0.2, -0.15) is 0 Å². The van der Waals surface area contributed by atoms with Gasteiger partial charge in [-0.1, -0.05) is 12.1 Å². The summed E-state index contributed by atoms with van der Waals surface area (Å²) in [5.41, 5.74) is 3.10. The monoisotopic (exact) mass is 422 g/mol. The molecule has 2 aliphatic rings. The Kier molecular flexibility index (Phi) is 7.04. The zero-order valence-electron chi connectivity index (χ0n) is 17.7. The van der Waals surface area contributed by atoms with Crippen LogP contribution in [0.4, 0.5) is 17.1 Å². The van der Waals surface area contributed by atoms with Crippen molar-refractivity contribution in [2.24, 2.45) is 0 Å². The Morgan fingerprint density at radius 1 is 1.00 bits per heavy atom. The van der Waals surface area contributed by atoms with Crippen LogP contribution in [0.3, 0.4) is 0 Å². The van der Waals surface area contributed by atoms with Gasteiger partial charge in [0, 0.05) is 43.3 Å². The van der Waals surface area contributed by atoms with Gasteiger partial charge in [0.15, 0.2) is 0 Å². The van der Waals surface area contributed by atoms with Crippen molar-refractivity contribution in [1.29, 1.82) is 0 Å². The minimum absolute atomic E-state index is 0.0733. The third-order valence-electron chi connectivity index (χ3n) is 5.75. The molecule has 2 amide bonds. The maximum atomic E-state index is 12.6. The molecule has 0 bridgehead atoms. The highest BCUT2D eigenvalue weighted by molar-refractivity contribution is 6.01. The third kappa shape index (κ3) is 5.76. The molecule has 3 N–H and O–H groups in total. The number of benzene rings is 2. The number of amides is 2. The Morgan fingerprint density at radius 2 is 1.77 bits per heavy atom. The van der Waals surface area contributed by atoms with Gasteiger partial charge < -0.3 is 25.6 Å². The van der Waals surface area contributed by atoms with Crippen LogP contribution in [0, 0.1) is 0 Å². The minimum Gasteiger partial charge on any atom is -0.376 e. The number of nitrogens with one attached hydrogen (secondary N) is 3. The molecule has 164 valence electrons. The first-order chi connectivity index (χ1) is 15.2. The average molecular weight is 423 g/mol. The fourth-order valence-electron chi connectivity index (χ4n) is 4.05. The van der Waals surface area contributed by atoms with Gasteiger partial charge in [0.05, 0.1) is 18.2 Å². The number of hydrogen-bond donors (Lipinski definition) is 3. The van der Waals surface area contributed by atoms with E-state index in [0.717, 1.165) is 38.2 Å². The molecule has 2 saturated heterocycles. The van der Waals surface area contributed by atoms with E-state index in [4.69, 9.17) is 4.74 Å². The van der Waals surface area contributed by atoms with E-state index in [-0.39, 0.29) is 24.5 Å². The number of para-hydroxylation sites is 1. The maximum Gasteiger partial charge on any atom is 0.253 e. The van der Waals surface area contributed by atoms with Crippen LogP contribution in [0.1, 0.15) is 36.0 Å². The highest BCUT2D eigenvalue weighted by Gasteiger charge is 2.18. The largest absolute Gasteiger partial charge is 0.376 e. The molecule has 2 fully saturated rings. The summed E-state index contributed by atoms with van der Waals surface area (Å²) >= 11 is 0. The van der Waals surface area contributed by atoms with Gasteiger partial charge in [-0.25, -0.2) is 0 Å². The molecule has 1 unspecified atom stereocenters. The normalized spacial score (nSPS) is 18.1. The Morgan fingerprint density at radius 3 is 2.52 bits per heavy atom. The van der Waals surface area contributed by atoms with Gasteiger partial charge >= 0.3 is 0 Å². The van der Waals surface area contributed by atoms with E-state index in [1.807, 2.05) is 36.4 Å². The Labute approximate surface area is 183 Å². The lowest BCUT2D eigenvalue weighted by molar-refractivity contribution is -0.114. The van der Waals surface area contributed by atoms with Crippen molar-refractivity contribution in [3.63, 3.8) is 0 Å². The fraction of sp³-hybridized carbons (Fsp3) is 0.417. The summed E-state index contributed by atoms with van der Waals surface area (Å²) in [6.07, 6.45) is 4.57. The summed E-state index contributed by atoms with van der Waals surface area (Å²) < 4.78 is 5.56. The summed E-state index contributed by atoms with van der Waals surface area (Å²) in [5.74, 6) is -0.333. The number of hydrogen-bond acceptors (Lipinski definition) is 5. The van der Waals surface area contributed by atoms with Crippen molar-refractivity contribution in [2.45, 2.75) is 31.8 Å². The van der Waals surface area contributed by atoms with E-state index >= 15 is 0 Å². The average Bonchev–Trinajstić information content (AvgIpc) is 3.51. The second-order valence-electron chi connectivity index (χ2n) is 8.03. The van der Waals surface area contributed by atoms with E-state index in [1.54, 1.807) is 12.1 Å². The van der Waals surface area contributed by atoms with Crippen molar-refractivity contribution in [3.8, 4) is 0 Å². The number of rotatable bonds is 8. The van der Waals surface area contributed by atoms with Crippen molar-refractivity contribution >= 4 is 28.9 Å². The van der Waals surface area contributed by atoms with E-state index in [0.29, 0.717) is 17.8 Å². The zero-order chi connectivity index (χ0) is 21.5. The van der Waals surface area contributed by atoms with Crippen LogP contribution in [0.2, 0.25) is 0 Å². The van der Waals surface area contributed by atoms with Crippen LogP contribution in [0.25, 0.3) is 0 Å². The number of nitrogens with zero attached hydrogens (tertiary/aromatic N) is 1. The predicted octanol–water partition coefficient (Wildman–Crippen LogP) is 3.25. The van der Waals surface area contributed by atoms with Gasteiger partial charge in [-0.3, -0.25) is 9.59 Å². The number of anilines is 3. The van der Waals surface area contributed by atoms with E-state index in [9.17, 15) is 9.59 Å². The predicted molar refractivity (Wildman–Crippen MR) is 123 cm³/mol. The second kappa shape index (κ2) is 10.3. The molecule has 0 aliphatic carbocycles. The highest BCUT2D eigenvalue weighted by Crippen LogP contribution is 2.22. The Hall–Kier alpha value is -3.06. The molecule has 2 heterocycles. The summed E-state index contributed by atoms with van der Waals surface area (Å²) in [5, 5.41) is 8.92. The van der Waals surface area contributed by atoms with Gasteiger partial charge in [0.1, 0.15) is 0 Å². The van der Waals surface area contributed by atoms with E-state index < -0.39 is 0 Å². The van der Waals surface area contributed by atoms with Crippen LogP contribution in [0.15, 0.2) is 48.5 Å². The molecule has 0 aromatic heterocycles. The lowest BCUT2D eigenvalue weighted by atomic mass is 10.1. The zero-order valence-corrected chi connectivity index (χ0v) is 17.7. The first-order valence-corrected chi connectivity index (χ1v) is 11.1. The molecule has 2 aromatic carbocycles. The van der Waals surface area contributed by atoms with Crippen molar-refractivity contribution in [2.75, 3.05) is 48.3 Å². The molecular formula is C24H30N4O3. The van der Waals surface area contributed by atoms with Crippen LogP contribution >= 0.6 is 0 Å². The first kappa shape index (κ1) is 21.2. The molecule has 31 heavy (non-hydrogen) atoms. The Balaban J connectivity index is 1.28. The molecule has 2 aliphatic heterocycles. The Bertz CT molecular complexity index is 888. The summed E-state index contributed by atoms with van der Waals surface area (Å²) in [6.45, 7) is 3.52. The van der Waals surface area contributed by atoms with Crippen molar-refractivity contribution in [3.05, 3.63) is 54.1 Å². The molecule has 2 aromatic rings. The van der Waals surface area contributed by atoms with Gasteiger partial charge in [-0.05, 0) is 62.1 Å². The van der Waals surface area contributed by atoms with Gasteiger partial charge in [0.2, 0.25) is 5.91 Å². The van der Waals surface area contributed by atoms with Crippen LogP contribution in [0.5, 0.6) is 0 Å². The highest BCUT2D eigenvalue weighted by atomic mass is 16.5. The van der Waals surface area contributed by atoms with Crippen molar-refractivity contribution in [1.82, 2.24) is 5.32 Å². The van der Waals surface area contributed by atoms with E-state index in [2.05, 4.69) is 20.9 Å². The minimum atomic E-state index is -0.170. The van der Waals surface area contributed by atoms with Gasteiger partial charge in [-0.15, -0.1) is 0 Å². The molecule has 1 atom stereocenters. The molecule has 4 rings (SSSR count). The summed E-state index contributed by atoms with van der Waals surface area (Å²) in [4.78, 5) is 27.3. The van der Waals surface area contributed by atoms with Crippen molar-refractivity contribution < 1.29 is 14.3 Å². The second-order valence-corrected chi connectivity index (χ2v) is 8.03. The molecular weight excluding hydrogens is 392 g/mol. The standard InChI is InChI=1S/C24H30N4O3/c29-23(27-18-9-11-19(12-10-18)28-13-3-4-14-28)17-25-22-8-2-1-7-21(22)24(30)26-16-20-6-5-15-31-20/h1-2,7-12,20,25H,3-6,13-17H2,(H,26,30)(H,27,29). The lowest BCUT2D eigenvalue weighted by Crippen LogP contribution is -2.32. The molecule has 7 nitrogen and oxygen atoms in total. The smallest absolute Gasteiger partial charge is 0.253 e. The van der Waals surface area contributed by atoms with Crippen LogP contribution in [-0.2, 0) is 9.53 Å². The summed E-state index contributed by atoms with van der Waals surface area (Å²) in [6, 6.07) is 15.2. The van der Waals surface area contributed by atoms with Crippen LogP contribution in [-0.4, -0.2) is 50.7 Å². The number of carbonyl (C=O) groups excluding carboxylic acids is 2. The van der Waals surface area contributed by atoms with Crippen LogP contribution < -0.4 is 20.9 Å². The van der Waals surface area contributed by atoms with Gasteiger partial charge in [0.25, 0.3) is 5.91 Å². The third-order valence-corrected chi connectivity index (χ3v) is 5.75. The summed E-state index contributed by atoms with van der Waals surface area (Å²) in [7, 11) is 0. The molecule has 0 radical (unpaired) electrons. The molecule has 0 saturated carbocycles. The SMILES string of the molecule is O=C(CNc1ccccc1C(=O)NCC1CCCO1)Nc1ccc(N2CCCC2)cc1. The van der Waals surface area contributed by atoms with E-state index in [1.165, 1.54) is 18.5 Å². The quantitative estimate of drug-likeness (QED) is 0.608.